The first-order valence-corrected chi connectivity index (χ1v) is 14.5. The van der Waals surface area contributed by atoms with Gasteiger partial charge in [-0.3, -0.25) is 9.59 Å². The summed E-state index contributed by atoms with van der Waals surface area (Å²) in [7, 11) is -2.68. The Morgan fingerprint density at radius 1 is 0.763 bits per heavy atom. The number of aromatic amines is 1. The first-order chi connectivity index (χ1) is 18.6. The van der Waals surface area contributed by atoms with Gasteiger partial charge in [-0.1, -0.05) is 103 Å². The van der Waals surface area contributed by atoms with Crippen molar-refractivity contribution in [3.05, 3.63) is 131 Å². The number of ether oxygens (including phenoxy) is 1. The lowest BCUT2D eigenvalue weighted by molar-refractivity contribution is -0.143. The van der Waals surface area contributed by atoms with Gasteiger partial charge in [0.25, 0.3) is 0 Å². The van der Waals surface area contributed by atoms with Crippen molar-refractivity contribution in [2.24, 2.45) is 4.74 Å². The quantitative estimate of drug-likeness (QED) is 0.207. The number of H-pyrrole nitrogens is 1. The van der Waals surface area contributed by atoms with Gasteiger partial charge >= 0.3 is 5.97 Å². The number of hydrogen-bond acceptors (Lipinski definition) is 4. The lowest BCUT2D eigenvalue weighted by Gasteiger charge is -2.27. The van der Waals surface area contributed by atoms with Gasteiger partial charge in [-0.05, 0) is 19.1 Å². The van der Waals surface area contributed by atoms with E-state index >= 15 is 0 Å². The van der Waals surface area contributed by atoms with Gasteiger partial charge in [0.1, 0.15) is 5.69 Å². The van der Waals surface area contributed by atoms with Crippen molar-refractivity contribution in [3.63, 3.8) is 0 Å². The Hall–Kier alpha value is -4.21. The first-order valence-electron chi connectivity index (χ1n) is 12.7. The van der Waals surface area contributed by atoms with E-state index in [1.54, 1.807) is 6.92 Å². The molecule has 0 bridgehead atoms. The van der Waals surface area contributed by atoms with Crippen molar-refractivity contribution in [2.45, 2.75) is 19.8 Å². The summed E-state index contributed by atoms with van der Waals surface area (Å²) in [6.07, 6.45) is 0.466. The topological polar surface area (TPSA) is 71.5 Å². The van der Waals surface area contributed by atoms with Gasteiger partial charge in [0.2, 0.25) is 5.43 Å². The fourth-order valence-electron chi connectivity index (χ4n) is 4.72. The molecular weight excluding hydrogens is 491 g/mol. The number of carbonyl (C=O) groups is 1. The SMILES string of the molecule is CCOC(=O)CCc1[nH]c2ccccc2c(=O)c1N=P(c1ccccc1)(c1ccccc1)c1ccccc1. The Bertz CT molecular complexity index is 1560. The van der Waals surface area contributed by atoms with E-state index in [1.807, 2.05) is 78.9 Å². The Morgan fingerprint density at radius 2 is 1.26 bits per heavy atom. The fourth-order valence-corrected chi connectivity index (χ4v) is 8.29. The molecule has 0 aliphatic heterocycles. The standard InChI is InChI=1S/C32H29N2O3P/c1-2-37-30(35)23-22-29-31(32(36)27-20-12-13-21-28(27)33-29)34-38(24-14-6-3-7-15-24,25-16-8-4-9-17-25)26-18-10-5-11-19-26/h3-21H,2,22-23H2,1H3,(H,33,36). The third-order valence-corrected chi connectivity index (χ3v) is 10.1. The molecule has 5 aromatic rings. The molecule has 0 saturated carbocycles. The van der Waals surface area contributed by atoms with Gasteiger partial charge in [0.15, 0.2) is 0 Å². The first kappa shape index (κ1) is 25.4. The molecule has 6 heteroatoms. The molecule has 38 heavy (non-hydrogen) atoms. The molecule has 1 heterocycles. The number of aromatic nitrogens is 1. The number of fused-ring (bicyclic) bond motifs is 1. The summed E-state index contributed by atoms with van der Waals surface area (Å²) in [5.74, 6) is -0.303. The number of rotatable bonds is 8. The van der Waals surface area contributed by atoms with Gasteiger partial charge in [-0.25, -0.2) is 4.74 Å². The van der Waals surface area contributed by atoms with Crippen LogP contribution in [0.4, 0.5) is 5.69 Å². The van der Waals surface area contributed by atoms with Gasteiger partial charge in [0, 0.05) is 38.9 Å². The van der Waals surface area contributed by atoms with E-state index in [4.69, 9.17) is 9.48 Å². The van der Waals surface area contributed by atoms with Gasteiger partial charge in [-0.2, -0.15) is 0 Å². The predicted octanol–water partition coefficient (Wildman–Crippen LogP) is 5.83. The Balaban J connectivity index is 1.88. The number of pyridine rings is 1. The van der Waals surface area contributed by atoms with E-state index in [2.05, 4.69) is 41.4 Å². The van der Waals surface area contributed by atoms with E-state index < -0.39 is 7.05 Å². The van der Waals surface area contributed by atoms with Crippen molar-refractivity contribution in [2.75, 3.05) is 6.61 Å². The van der Waals surface area contributed by atoms with E-state index in [1.165, 1.54) is 0 Å². The highest BCUT2D eigenvalue weighted by Crippen LogP contribution is 2.49. The summed E-state index contributed by atoms with van der Waals surface area (Å²) >= 11 is 0. The minimum absolute atomic E-state index is 0.148. The second-order valence-corrected chi connectivity index (χ2v) is 11.9. The third-order valence-electron chi connectivity index (χ3n) is 6.48. The normalized spacial score (nSPS) is 11.3. The number of aryl methyl sites for hydroxylation is 1. The summed E-state index contributed by atoms with van der Waals surface area (Å²) < 4.78 is 10.7. The van der Waals surface area contributed by atoms with Crippen LogP contribution >= 0.6 is 7.05 Å². The number of benzene rings is 4. The van der Waals surface area contributed by atoms with Gasteiger partial charge < -0.3 is 9.72 Å². The average molecular weight is 521 g/mol. The number of hydrogen-bond donors (Lipinski definition) is 1. The molecule has 0 aliphatic carbocycles. The summed E-state index contributed by atoms with van der Waals surface area (Å²) in [6.45, 7) is 2.10. The molecule has 1 aromatic heterocycles. The maximum absolute atomic E-state index is 14.1. The van der Waals surface area contributed by atoms with Crippen molar-refractivity contribution >= 4 is 45.5 Å². The lowest BCUT2D eigenvalue weighted by Crippen LogP contribution is -2.25. The molecule has 0 radical (unpaired) electrons. The van der Waals surface area contributed by atoms with E-state index in [-0.39, 0.29) is 17.8 Å². The molecule has 190 valence electrons. The van der Waals surface area contributed by atoms with Gasteiger partial charge in [0.05, 0.1) is 20.1 Å². The molecule has 5 rings (SSSR count). The Morgan fingerprint density at radius 3 is 1.79 bits per heavy atom. The maximum atomic E-state index is 14.1. The van der Waals surface area contributed by atoms with Crippen LogP contribution in [0.15, 0.2) is 125 Å². The van der Waals surface area contributed by atoms with Crippen LogP contribution in [0.1, 0.15) is 19.0 Å². The van der Waals surface area contributed by atoms with Crippen LogP contribution in [-0.2, 0) is 16.0 Å². The van der Waals surface area contributed by atoms with E-state index in [9.17, 15) is 9.59 Å². The number of nitrogens with zero attached hydrogens (tertiary/aromatic N) is 1. The van der Waals surface area contributed by atoms with Crippen molar-refractivity contribution < 1.29 is 9.53 Å². The maximum Gasteiger partial charge on any atom is 0.306 e. The second kappa shape index (κ2) is 11.5. The molecule has 0 amide bonds. The highest BCUT2D eigenvalue weighted by atomic mass is 31.2. The van der Waals surface area contributed by atoms with Crippen LogP contribution in [0, 0.1) is 0 Å². The number of para-hydroxylation sites is 1. The highest BCUT2D eigenvalue weighted by molar-refractivity contribution is 7.87. The van der Waals surface area contributed by atoms with Crippen LogP contribution in [0.3, 0.4) is 0 Å². The second-order valence-electron chi connectivity index (χ2n) is 8.87. The highest BCUT2D eigenvalue weighted by Gasteiger charge is 2.29. The van der Waals surface area contributed by atoms with Crippen molar-refractivity contribution in [3.8, 4) is 0 Å². The molecule has 0 unspecified atom stereocenters. The molecule has 0 aliphatic rings. The van der Waals surface area contributed by atoms with E-state index in [0.29, 0.717) is 29.8 Å². The number of esters is 1. The predicted molar refractivity (Wildman–Crippen MR) is 157 cm³/mol. The van der Waals surface area contributed by atoms with Gasteiger partial charge in [-0.15, -0.1) is 0 Å². The molecule has 1 N–H and O–H groups in total. The summed E-state index contributed by atoms with van der Waals surface area (Å²) in [6, 6.07) is 38.0. The minimum Gasteiger partial charge on any atom is -0.466 e. The molecule has 0 atom stereocenters. The Kier molecular flexibility index (Phi) is 7.67. The molecular formula is C32H29N2O3P. The van der Waals surface area contributed by atoms with Crippen molar-refractivity contribution in [1.29, 1.82) is 0 Å². The largest absolute Gasteiger partial charge is 0.466 e. The Labute approximate surface area is 222 Å². The zero-order valence-electron chi connectivity index (χ0n) is 21.2. The molecule has 0 saturated heterocycles. The smallest absolute Gasteiger partial charge is 0.306 e. The van der Waals surface area contributed by atoms with Crippen LogP contribution in [-0.4, -0.2) is 17.6 Å². The number of carbonyl (C=O) groups excluding carboxylic acids is 1. The molecule has 0 spiro atoms. The van der Waals surface area contributed by atoms with Crippen LogP contribution < -0.4 is 21.3 Å². The fraction of sp³-hybridized carbons (Fsp3) is 0.125. The van der Waals surface area contributed by atoms with E-state index in [0.717, 1.165) is 21.4 Å². The van der Waals surface area contributed by atoms with Crippen molar-refractivity contribution in [1.82, 2.24) is 4.98 Å². The van der Waals surface area contributed by atoms with Crippen LogP contribution in [0.5, 0.6) is 0 Å². The summed E-state index contributed by atoms with van der Waals surface area (Å²) in [4.78, 5) is 29.8. The molecule has 5 nitrogen and oxygen atoms in total. The third kappa shape index (κ3) is 4.98. The summed E-state index contributed by atoms with van der Waals surface area (Å²) in [5, 5.41) is 3.70. The average Bonchev–Trinajstić information content (AvgIpc) is 2.97. The van der Waals surface area contributed by atoms with Crippen LogP contribution in [0.25, 0.3) is 10.9 Å². The zero-order chi connectivity index (χ0) is 26.4. The summed E-state index contributed by atoms with van der Waals surface area (Å²) in [5.41, 5.74) is 1.57. The minimum atomic E-state index is -2.68. The number of nitrogens with one attached hydrogen (secondary N) is 1. The lowest BCUT2D eigenvalue weighted by atomic mass is 10.1. The zero-order valence-corrected chi connectivity index (χ0v) is 22.1. The molecule has 4 aromatic carbocycles. The monoisotopic (exact) mass is 520 g/mol. The van der Waals surface area contributed by atoms with Crippen LogP contribution in [0.2, 0.25) is 0 Å². The molecule has 0 fully saturated rings.